The van der Waals surface area contributed by atoms with Gasteiger partial charge in [0, 0.05) is 23.3 Å². The standard InChI is InChI=1S/C31H34N4S/c1-18-12-19(2)16-25(15-18)35-30(28(33-31(35)36)27-10-8-9-11-32-27)26-17-23(6)34(24(26)7)29-21(4)13-20(3)14-22(29)5/h8-17,28,30H,1-7H3,(H,33,36). The van der Waals surface area contributed by atoms with E-state index >= 15 is 0 Å². The number of hydrogen-bond acceptors (Lipinski definition) is 2. The molecule has 184 valence electrons. The molecule has 0 amide bonds. The van der Waals surface area contributed by atoms with E-state index in [0.29, 0.717) is 0 Å². The van der Waals surface area contributed by atoms with Crippen LogP contribution in [0.1, 0.15) is 62.5 Å². The van der Waals surface area contributed by atoms with Gasteiger partial charge >= 0.3 is 0 Å². The summed E-state index contributed by atoms with van der Waals surface area (Å²) in [6.07, 6.45) is 1.86. The summed E-state index contributed by atoms with van der Waals surface area (Å²) in [6.45, 7) is 15.3. The van der Waals surface area contributed by atoms with Gasteiger partial charge in [0.05, 0.1) is 23.5 Å². The van der Waals surface area contributed by atoms with Crippen molar-refractivity contribution >= 4 is 23.0 Å². The Bertz CT molecular complexity index is 1420. The molecule has 0 bridgehead atoms. The summed E-state index contributed by atoms with van der Waals surface area (Å²) >= 11 is 5.98. The second-order valence-corrected chi connectivity index (χ2v) is 10.6. The van der Waals surface area contributed by atoms with Crippen LogP contribution in [0.25, 0.3) is 5.69 Å². The molecule has 2 aromatic heterocycles. The summed E-state index contributed by atoms with van der Waals surface area (Å²) in [5.41, 5.74) is 13.4. The number of aryl methyl sites for hydroxylation is 6. The Balaban J connectivity index is 1.73. The van der Waals surface area contributed by atoms with Crippen LogP contribution in [0.15, 0.2) is 60.8 Å². The fourth-order valence-corrected chi connectivity index (χ4v) is 6.34. The zero-order valence-corrected chi connectivity index (χ0v) is 23.0. The van der Waals surface area contributed by atoms with Gasteiger partial charge in [-0.15, -0.1) is 0 Å². The van der Waals surface area contributed by atoms with Crippen LogP contribution in [-0.2, 0) is 0 Å². The smallest absolute Gasteiger partial charge is 0.174 e. The number of benzene rings is 2. The molecular formula is C31H34N4S. The van der Waals surface area contributed by atoms with E-state index in [4.69, 9.17) is 17.2 Å². The molecule has 1 saturated heterocycles. The summed E-state index contributed by atoms with van der Waals surface area (Å²) in [7, 11) is 0. The van der Waals surface area contributed by atoms with E-state index in [1.807, 2.05) is 18.3 Å². The second kappa shape index (κ2) is 9.21. The van der Waals surface area contributed by atoms with Gasteiger partial charge < -0.3 is 14.8 Å². The highest BCUT2D eigenvalue weighted by Gasteiger charge is 2.42. The van der Waals surface area contributed by atoms with E-state index < -0.39 is 0 Å². The zero-order chi connectivity index (χ0) is 25.7. The van der Waals surface area contributed by atoms with Crippen molar-refractivity contribution in [3.8, 4) is 5.69 Å². The van der Waals surface area contributed by atoms with Crippen LogP contribution in [0.2, 0.25) is 0 Å². The lowest BCUT2D eigenvalue weighted by Gasteiger charge is -2.29. The Morgan fingerprint density at radius 3 is 2.06 bits per heavy atom. The number of hydrogen-bond donors (Lipinski definition) is 1. The minimum absolute atomic E-state index is 0.0281. The first kappa shape index (κ1) is 24.3. The van der Waals surface area contributed by atoms with Gasteiger partial charge in [0.15, 0.2) is 5.11 Å². The Labute approximate surface area is 220 Å². The van der Waals surface area contributed by atoms with Gasteiger partial charge in [-0.2, -0.15) is 0 Å². The van der Waals surface area contributed by atoms with Crippen LogP contribution >= 0.6 is 12.2 Å². The van der Waals surface area contributed by atoms with Crippen LogP contribution in [0.3, 0.4) is 0 Å². The highest BCUT2D eigenvalue weighted by molar-refractivity contribution is 7.80. The molecule has 2 atom stereocenters. The number of nitrogens with one attached hydrogen (secondary N) is 1. The molecule has 1 aliphatic rings. The first-order valence-corrected chi connectivity index (χ1v) is 12.9. The number of anilines is 1. The maximum Gasteiger partial charge on any atom is 0.174 e. The minimum Gasteiger partial charge on any atom is -0.351 e. The van der Waals surface area contributed by atoms with E-state index in [1.54, 1.807) is 0 Å². The fraction of sp³-hybridized carbons (Fsp3) is 0.290. The van der Waals surface area contributed by atoms with Gasteiger partial charge in [-0.05, 0) is 119 Å². The van der Waals surface area contributed by atoms with Gasteiger partial charge in [-0.1, -0.05) is 29.8 Å². The predicted octanol–water partition coefficient (Wildman–Crippen LogP) is 7.21. The highest BCUT2D eigenvalue weighted by atomic mass is 32.1. The molecule has 1 N–H and O–H groups in total. The van der Waals surface area contributed by atoms with Crippen molar-refractivity contribution in [2.24, 2.45) is 0 Å². The lowest BCUT2D eigenvalue weighted by Crippen LogP contribution is -2.29. The maximum atomic E-state index is 5.98. The van der Waals surface area contributed by atoms with Crippen LogP contribution in [0.5, 0.6) is 0 Å². The molecule has 4 nitrogen and oxygen atoms in total. The van der Waals surface area contributed by atoms with E-state index in [0.717, 1.165) is 16.5 Å². The molecule has 36 heavy (non-hydrogen) atoms. The summed E-state index contributed by atoms with van der Waals surface area (Å²) in [5, 5.41) is 4.35. The van der Waals surface area contributed by atoms with Crippen molar-refractivity contribution in [2.45, 2.75) is 60.5 Å². The Kier molecular flexibility index (Phi) is 6.21. The predicted molar refractivity (Wildman–Crippen MR) is 153 cm³/mol. The molecule has 2 aromatic carbocycles. The van der Waals surface area contributed by atoms with Crippen molar-refractivity contribution in [3.05, 3.63) is 111 Å². The maximum absolute atomic E-state index is 5.98. The van der Waals surface area contributed by atoms with E-state index in [9.17, 15) is 0 Å². The van der Waals surface area contributed by atoms with Crippen molar-refractivity contribution in [1.82, 2.24) is 14.9 Å². The van der Waals surface area contributed by atoms with E-state index in [-0.39, 0.29) is 12.1 Å². The Morgan fingerprint density at radius 2 is 1.44 bits per heavy atom. The number of thiocarbonyl (C=S) groups is 1. The van der Waals surface area contributed by atoms with E-state index in [1.165, 1.54) is 50.5 Å². The molecule has 2 unspecified atom stereocenters. The summed E-state index contributed by atoms with van der Waals surface area (Å²) in [6, 6.07) is 19.5. The molecule has 3 heterocycles. The number of rotatable bonds is 4. The molecule has 5 heteroatoms. The molecule has 0 radical (unpaired) electrons. The molecule has 5 rings (SSSR count). The SMILES string of the molecule is Cc1cc(C)cc(N2C(=S)NC(c3ccccn3)C2c2cc(C)n(-c3c(C)cc(C)cc3C)c2C)c1. The molecule has 1 fully saturated rings. The molecule has 0 aliphatic carbocycles. The van der Waals surface area contributed by atoms with Crippen molar-refractivity contribution in [3.63, 3.8) is 0 Å². The number of pyridine rings is 1. The Morgan fingerprint density at radius 1 is 0.806 bits per heavy atom. The van der Waals surface area contributed by atoms with Crippen molar-refractivity contribution in [1.29, 1.82) is 0 Å². The average Bonchev–Trinajstić information content (AvgIpc) is 3.29. The van der Waals surface area contributed by atoms with Gasteiger partial charge in [-0.25, -0.2) is 0 Å². The van der Waals surface area contributed by atoms with Crippen LogP contribution in [-0.4, -0.2) is 14.7 Å². The molecule has 4 aromatic rings. The third-order valence-electron chi connectivity index (χ3n) is 7.23. The minimum atomic E-state index is -0.0614. The van der Waals surface area contributed by atoms with Gasteiger partial charge in [0.25, 0.3) is 0 Å². The molecular weight excluding hydrogens is 460 g/mol. The number of nitrogens with zero attached hydrogens (tertiary/aromatic N) is 3. The van der Waals surface area contributed by atoms with Gasteiger partial charge in [0.1, 0.15) is 0 Å². The first-order valence-electron chi connectivity index (χ1n) is 12.5. The summed E-state index contributed by atoms with van der Waals surface area (Å²) < 4.78 is 2.41. The van der Waals surface area contributed by atoms with Crippen molar-refractivity contribution < 1.29 is 0 Å². The van der Waals surface area contributed by atoms with Crippen LogP contribution in [0, 0.1) is 48.5 Å². The number of aromatic nitrogens is 2. The van der Waals surface area contributed by atoms with E-state index in [2.05, 4.69) is 106 Å². The highest BCUT2D eigenvalue weighted by Crippen LogP contribution is 2.44. The van der Waals surface area contributed by atoms with Gasteiger partial charge in [-0.3, -0.25) is 4.98 Å². The normalized spacial score (nSPS) is 17.5. The lowest BCUT2D eigenvalue weighted by molar-refractivity contribution is 0.565. The summed E-state index contributed by atoms with van der Waals surface area (Å²) in [4.78, 5) is 7.02. The average molecular weight is 495 g/mol. The summed E-state index contributed by atoms with van der Waals surface area (Å²) in [5.74, 6) is 0. The molecule has 0 spiro atoms. The lowest BCUT2D eigenvalue weighted by atomic mass is 9.96. The van der Waals surface area contributed by atoms with Gasteiger partial charge in [0.2, 0.25) is 0 Å². The third kappa shape index (κ3) is 4.11. The quantitative estimate of drug-likeness (QED) is 0.304. The molecule has 1 aliphatic heterocycles. The first-order chi connectivity index (χ1) is 17.2. The largest absolute Gasteiger partial charge is 0.351 e. The zero-order valence-electron chi connectivity index (χ0n) is 22.2. The second-order valence-electron chi connectivity index (χ2n) is 10.3. The van der Waals surface area contributed by atoms with Crippen molar-refractivity contribution in [2.75, 3.05) is 4.90 Å². The van der Waals surface area contributed by atoms with Crippen LogP contribution in [0.4, 0.5) is 5.69 Å². The van der Waals surface area contributed by atoms with Crippen LogP contribution < -0.4 is 10.2 Å². The monoisotopic (exact) mass is 494 g/mol. The molecule has 0 saturated carbocycles. The topological polar surface area (TPSA) is 33.1 Å². The fourth-order valence-electron chi connectivity index (χ4n) is 5.99. The Hall–Kier alpha value is -3.44. The third-order valence-corrected chi connectivity index (χ3v) is 7.55.